The molecule has 1 aromatic rings. The Hall–Kier alpha value is -2.59. The van der Waals surface area contributed by atoms with Crippen molar-refractivity contribution in [2.45, 2.75) is 44.7 Å². The van der Waals surface area contributed by atoms with Crippen LogP contribution in [-0.4, -0.2) is 61.0 Å². The largest absolute Gasteiger partial charge is 0.370 e. The van der Waals surface area contributed by atoms with Crippen LogP contribution in [0.3, 0.4) is 0 Å². The van der Waals surface area contributed by atoms with Crippen LogP contribution in [0.1, 0.15) is 38.2 Å². The monoisotopic (exact) mass is 424 g/mol. The molecule has 1 aliphatic carbocycles. The van der Waals surface area contributed by atoms with Gasteiger partial charge in [-0.15, -0.1) is 0 Å². The molecule has 164 valence electrons. The van der Waals surface area contributed by atoms with Gasteiger partial charge in [0.15, 0.2) is 6.04 Å². The molecule has 8 nitrogen and oxygen atoms in total. The van der Waals surface area contributed by atoms with Crippen molar-refractivity contribution in [1.82, 2.24) is 4.90 Å². The molecule has 0 spiro atoms. The average molecular weight is 424 g/mol. The van der Waals surface area contributed by atoms with Crippen LogP contribution in [0, 0.1) is 0 Å². The molecule has 10 heteroatoms. The molecule has 3 amide bonds. The summed E-state index contributed by atoms with van der Waals surface area (Å²) in [7, 11) is 0. The summed E-state index contributed by atoms with van der Waals surface area (Å²) < 4.78 is 32.4. The highest BCUT2D eigenvalue weighted by Crippen LogP contribution is 2.33. The number of nitrogens with zero attached hydrogens (tertiary/aromatic N) is 2. The number of alkyl halides is 2. The minimum Gasteiger partial charge on any atom is -0.370 e. The Bertz CT molecular complexity index is 816. The van der Waals surface area contributed by atoms with Crippen molar-refractivity contribution in [2.75, 3.05) is 36.5 Å². The summed E-state index contributed by atoms with van der Waals surface area (Å²) >= 11 is 0. The zero-order valence-electron chi connectivity index (χ0n) is 16.8. The number of amides is 3. The lowest BCUT2D eigenvalue weighted by atomic mass is 9.90. The molecule has 0 aromatic heterocycles. The molecule has 2 fully saturated rings. The molecule has 30 heavy (non-hydrogen) atoms. The number of benzene rings is 1. The molecule has 0 radical (unpaired) electrons. The summed E-state index contributed by atoms with van der Waals surface area (Å²) in [5, 5.41) is 2.53. The van der Waals surface area contributed by atoms with E-state index in [9.17, 15) is 23.2 Å². The zero-order valence-corrected chi connectivity index (χ0v) is 16.8. The van der Waals surface area contributed by atoms with Gasteiger partial charge in [-0.3, -0.25) is 19.3 Å². The number of rotatable bonds is 8. The van der Waals surface area contributed by atoms with Crippen LogP contribution in [0.4, 0.5) is 20.2 Å². The Morgan fingerprint density at radius 2 is 2.10 bits per heavy atom. The minimum atomic E-state index is -2.86. The number of anilines is 2. The molecule has 1 aromatic carbocycles. The van der Waals surface area contributed by atoms with Crippen LogP contribution in [-0.2, 0) is 19.1 Å². The van der Waals surface area contributed by atoms with Crippen molar-refractivity contribution in [3.8, 4) is 0 Å². The van der Waals surface area contributed by atoms with E-state index in [1.165, 1.54) is 17.0 Å². The standard InChI is InChI=1S/C20H26F2N4O4/c1-2-25(13-4-3-5-13)17(19(23)28)20(29)24-12-6-7-15(14(10-12)18(21)22)26-8-9-30-11-16(26)27/h6-7,10,13,17-18H,2-5,8-9,11H2,1H3,(H2,23,28)(H,24,29)/t17-/m0/s1. The van der Waals surface area contributed by atoms with E-state index in [1.54, 1.807) is 4.90 Å². The number of primary amides is 1. The summed E-state index contributed by atoms with van der Waals surface area (Å²) in [6.07, 6.45) is -0.0827. The van der Waals surface area contributed by atoms with Gasteiger partial charge >= 0.3 is 0 Å². The molecule has 0 unspecified atom stereocenters. The van der Waals surface area contributed by atoms with Crippen LogP contribution >= 0.6 is 0 Å². The first-order valence-electron chi connectivity index (χ1n) is 9.99. The summed E-state index contributed by atoms with van der Waals surface area (Å²) in [4.78, 5) is 39.8. The molecule has 1 aliphatic heterocycles. The molecular formula is C20H26F2N4O4. The number of carbonyl (C=O) groups excluding carboxylic acids is 3. The molecule has 1 heterocycles. The number of halogens is 2. The van der Waals surface area contributed by atoms with Gasteiger partial charge in [-0.1, -0.05) is 13.3 Å². The van der Waals surface area contributed by atoms with Gasteiger partial charge in [0.2, 0.25) is 5.91 Å². The second-order valence-corrected chi connectivity index (χ2v) is 7.38. The first-order chi connectivity index (χ1) is 14.3. The fraction of sp³-hybridized carbons (Fsp3) is 0.550. The van der Waals surface area contributed by atoms with E-state index >= 15 is 0 Å². The van der Waals surface area contributed by atoms with Gasteiger partial charge in [0, 0.05) is 23.8 Å². The van der Waals surface area contributed by atoms with E-state index in [-0.39, 0.29) is 42.7 Å². The van der Waals surface area contributed by atoms with Gasteiger partial charge in [-0.25, -0.2) is 8.78 Å². The lowest BCUT2D eigenvalue weighted by molar-refractivity contribution is -0.134. The third kappa shape index (κ3) is 4.59. The highest BCUT2D eigenvalue weighted by atomic mass is 19.3. The van der Waals surface area contributed by atoms with Crippen LogP contribution in [0.25, 0.3) is 0 Å². The SMILES string of the molecule is CCN(C1CCC1)[C@@H](C(N)=O)C(=O)Nc1ccc(N2CCOCC2=O)c(C(F)F)c1. The lowest BCUT2D eigenvalue weighted by Crippen LogP contribution is -2.57. The maximum absolute atomic E-state index is 13.7. The Balaban J connectivity index is 1.82. The molecule has 1 saturated heterocycles. The van der Waals surface area contributed by atoms with Crippen LogP contribution in [0.15, 0.2) is 18.2 Å². The quantitative estimate of drug-likeness (QED) is 0.618. The topological polar surface area (TPSA) is 105 Å². The summed E-state index contributed by atoms with van der Waals surface area (Å²) in [5.74, 6) is -1.86. The summed E-state index contributed by atoms with van der Waals surface area (Å²) in [6, 6.07) is 2.83. The van der Waals surface area contributed by atoms with Crippen LogP contribution in [0.2, 0.25) is 0 Å². The molecular weight excluding hydrogens is 398 g/mol. The van der Waals surface area contributed by atoms with Gasteiger partial charge in [0.25, 0.3) is 18.2 Å². The fourth-order valence-electron chi connectivity index (χ4n) is 3.85. The zero-order chi connectivity index (χ0) is 21.8. The minimum absolute atomic E-state index is 0.0763. The predicted molar refractivity (Wildman–Crippen MR) is 106 cm³/mol. The average Bonchev–Trinajstić information content (AvgIpc) is 2.66. The number of hydrogen-bond acceptors (Lipinski definition) is 5. The van der Waals surface area contributed by atoms with Gasteiger partial charge in [0.05, 0.1) is 12.3 Å². The Labute approximate surface area is 173 Å². The second kappa shape index (κ2) is 9.48. The molecule has 0 bridgehead atoms. The van der Waals surface area contributed by atoms with Crippen molar-refractivity contribution in [3.63, 3.8) is 0 Å². The Morgan fingerprint density at radius 3 is 2.63 bits per heavy atom. The Morgan fingerprint density at radius 1 is 1.37 bits per heavy atom. The van der Waals surface area contributed by atoms with E-state index in [4.69, 9.17) is 10.5 Å². The van der Waals surface area contributed by atoms with Gasteiger partial charge in [-0.2, -0.15) is 0 Å². The number of ether oxygens (including phenoxy) is 1. The van der Waals surface area contributed by atoms with Crippen molar-refractivity contribution < 1.29 is 27.9 Å². The van der Waals surface area contributed by atoms with Crippen molar-refractivity contribution in [1.29, 1.82) is 0 Å². The van der Waals surface area contributed by atoms with Gasteiger partial charge in [-0.05, 0) is 37.6 Å². The van der Waals surface area contributed by atoms with Crippen LogP contribution in [0.5, 0.6) is 0 Å². The highest BCUT2D eigenvalue weighted by Gasteiger charge is 2.37. The second-order valence-electron chi connectivity index (χ2n) is 7.38. The third-order valence-electron chi connectivity index (χ3n) is 5.57. The first kappa shape index (κ1) is 22.1. The smallest absolute Gasteiger partial charge is 0.265 e. The van der Waals surface area contributed by atoms with Gasteiger partial charge < -0.3 is 20.7 Å². The fourth-order valence-corrected chi connectivity index (χ4v) is 3.85. The first-order valence-corrected chi connectivity index (χ1v) is 9.99. The number of hydrogen-bond donors (Lipinski definition) is 2. The summed E-state index contributed by atoms with van der Waals surface area (Å²) in [6.45, 7) is 2.55. The Kier molecular flexibility index (Phi) is 6.99. The predicted octanol–water partition coefficient (Wildman–Crippen LogP) is 1.65. The van der Waals surface area contributed by atoms with Crippen molar-refractivity contribution in [3.05, 3.63) is 23.8 Å². The van der Waals surface area contributed by atoms with Crippen molar-refractivity contribution in [2.24, 2.45) is 5.73 Å². The molecule has 1 atom stereocenters. The number of nitrogens with one attached hydrogen (secondary N) is 1. The van der Waals surface area contributed by atoms with E-state index in [2.05, 4.69) is 5.32 Å². The highest BCUT2D eigenvalue weighted by molar-refractivity contribution is 6.09. The van der Waals surface area contributed by atoms with E-state index < -0.39 is 30.2 Å². The maximum atomic E-state index is 13.7. The molecule has 2 aliphatic rings. The molecule has 1 saturated carbocycles. The van der Waals surface area contributed by atoms with Crippen molar-refractivity contribution >= 4 is 29.1 Å². The third-order valence-corrected chi connectivity index (χ3v) is 5.57. The lowest BCUT2D eigenvalue weighted by Gasteiger charge is -2.40. The van der Waals surface area contributed by atoms with E-state index in [1.807, 2.05) is 6.92 Å². The van der Waals surface area contributed by atoms with E-state index in [0.29, 0.717) is 6.54 Å². The van der Waals surface area contributed by atoms with Crippen LogP contribution < -0.4 is 16.0 Å². The number of morpholine rings is 1. The normalized spacial score (nSPS) is 18.4. The molecule has 3 rings (SSSR count). The van der Waals surface area contributed by atoms with E-state index in [0.717, 1.165) is 25.3 Å². The maximum Gasteiger partial charge on any atom is 0.265 e. The molecule has 3 N–H and O–H groups in total. The number of likely N-dealkylation sites (N-methyl/N-ethyl adjacent to an activating group) is 1. The number of nitrogens with two attached hydrogens (primary N) is 1. The number of carbonyl (C=O) groups is 3. The summed E-state index contributed by atoms with van der Waals surface area (Å²) in [5.41, 5.74) is 5.28. The van der Waals surface area contributed by atoms with Gasteiger partial charge in [0.1, 0.15) is 6.61 Å².